The Balaban J connectivity index is 1.42. The van der Waals surface area contributed by atoms with Crippen LogP contribution in [-0.4, -0.2) is 38.5 Å². The monoisotopic (exact) mass is 526 g/mol. The molecule has 2 aliphatic heterocycles. The molecule has 2 aromatic carbocycles. The molecule has 0 N–H and O–H groups in total. The van der Waals surface area contributed by atoms with Crippen LogP contribution in [0.4, 0.5) is 21.5 Å². The molecule has 0 bridgehead atoms. The van der Waals surface area contributed by atoms with E-state index in [0.717, 1.165) is 85.5 Å². The number of nitrogens with zero attached hydrogens (tertiary/aromatic N) is 4. The summed E-state index contributed by atoms with van der Waals surface area (Å²) >= 11 is 6.73. The first-order valence-corrected chi connectivity index (χ1v) is 13.3. The van der Waals surface area contributed by atoms with E-state index < -0.39 is 0 Å². The summed E-state index contributed by atoms with van der Waals surface area (Å²) in [4.78, 5) is 24.0. The lowest BCUT2D eigenvalue weighted by Gasteiger charge is -2.35. The Morgan fingerprint density at radius 3 is 2.75 bits per heavy atom. The molecule has 36 heavy (non-hydrogen) atoms. The first-order chi connectivity index (χ1) is 17.3. The fraction of sp³-hybridized carbons (Fsp3) is 0.393. The Morgan fingerprint density at radius 2 is 2.06 bits per heavy atom. The number of amidine groups is 1. The number of piperidine rings is 1. The van der Waals surface area contributed by atoms with Gasteiger partial charge in [0.25, 0.3) is 0 Å². The quantitative estimate of drug-likeness (QED) is 0.151. The summed E-state index contributed by atoms with van der Waals surface area (Å²) in [5.74, 6) is 1.18. The third-order valence-electron chi connectivity index (χ3n) is 7.10. The van der Waals surface area contributed by atoms with Crippen molar-refractivity contribution in [3.8, 4) is 0 Å². The number of hydrogen-bond acceptors (Lipinski definition) is 4. The number of aliphatic imine (C=N–C) groups is 2. The van der Waals surface area contributed by atoms with Crippen LogP contribution in [0.5, 0.6) is 0 Å². The van der Waals surface area contributed by atoms with E-state index in [1.807, 2.05) is 43.3 Å². The predicted molar refractivity (Wildman–Crippen MR) is 154 cm³/mol. The largest absolute Gasteiger partial charge is 0.370 e. The van der Waals surface area contributed by atoms with Gasteiger partial charge in [0.1, 0.15) is 17.9 Å². The van der Waals surface area contributed by atoms with Crippen molar-refractivity contribution in [3.63, 3.8) is 0 Å². The van der Waals surface area contributed by atoms with Crippen LogP contribution >= 0.6 is 20.8 Å². The van der Waals surface area contributed by atoms with Crippen molar-refractivity contribution in [1.82, 2.24) is 0 Å². The molecular weight excluding hydrogens is 494 g/mol. The smallest absolute Gasteiger partial charge is 0.144 e. The van der Waals surface area contributed by atoms with Crippen molar-refractivity contribution in [1.29, 1.82) is 0 Å². The Bertz CT molecular complexity index is 1230. The van der Waals surface area contributed by atoms with Crippen LogP contribution in [-0.2, 0) is 17.6 Å². The number of fused-ring (bicyclic) bond motifs is 1. The summed E-state index contributed by atoms with van der Waals surface area (Å²) in [6.07, 6.45) is 8.63. The minimum Gasteiger partial charge on any atom is -0.370 e. The Labute approximate surface area is 220 Å². The topological polar surface area (TPSA) is 48.3 Å². The van der Waals surface area contributed by atoms with Gasteiger partial charge in [0.15, 0.2) is 0 Å². The highest BCUT2D eigenvalue weighted by molar-refractivity contribution is 7.27. The van der Waals surface area contributed by atoms with Crippen LogP contribution in [0.2, 0.25) is 5.02 Å². The number of carbonyl (C=O) groups excluding carboxylic acids is 1. The summed E-state index contributed by atoms with van der Waals surface area (Å²) in [5, 5.41) is 1.35. The molecule has 1 saturated heterocycles. The van der Waals surface area contributed by atoms with Crippen molar-refractivity contribution >= 4 is 61.5 Å². The zero-order chi connectivity index (χ0) is 25.8. The third-order valence-corrected chi connectivity index (χ3v) is 7.82. The van der Waals surface area contributed by atoms with Crippen LogP contribution in [0.1, 0.15) is 44.2 Å². The highest BCUT2D eigenvalue weighted by atomic mass is 35.5. The number of benzene rings is 2. The van der Waals surface area contributed by atoms with E-state index in [9.17, 15) is 9.18 Å². The maximum atomic E-state index is 14.6. The SMILES string of the molecule is CC(=C/C=O)/N=C(/C)N(C)c1ccc(N2CCC(Cc3cc(P)c(F)c4c3N=CCC4)CC2)c(Cl)c1. The molecule has 0 aliphatic carbocycles. The van der Waals surface area contributed by atoms with Gasteiger partial charge in [0, 0.05) is 48.6 Å². The summed E-state index contributed by atoms with van der Waals surface area (Å²) in [5.41, 5.74) is 5.41. The fourth-order valence-electron chi connectivity index (χ4n) is 5.00. The third kappa shape index (κ3) is 5.87. The highest BCUT2D eigenvalue weighted by Crippen LogP contribution is 2.36. The number of aldehydes is 1. The summed E-state index contributed by atoms with van der Waals surface area (Å²) in [6, 6.07) is 8.04. The second kappa shape index (κ2) is 11.7. The molecule has 0 radical (unpaired) electrons. The van der Waals surface area contributed by atoms with E-state index >= 15 is 0 Å². The molecule has 0 spiro atoms. The summed E-state index contributed by atoms with van der Waals surface area (Å²) < 4.78 is 14.6. The molecule has 1 fully saturated rings. The van der Waals surface area contributed by atoms with Crippen molar-refractivity contribution < 1.29 is 9.18 Å². The highest BCUT2D eigenvalue weighted by Gasteiger charge is 2.25. The van der Waals surface area contributed by atoms with Gasteiger partial charge < -0.3 is 9.80 Å². The van der Waals surface area contributed by atoms with Gasteiger partial charge in [-0.25, -0.2) is 9.38 Å². The van der Waals surface area contributed by atoms with Crippen molar-refractivity contribution in [2.45, 2.75) is 46.0 Å². The number of rotatable bonds is 6. The molecule has 0 saturated carbocycles. The molecule has 4 rings (SSSR count). The van der Waals surface area contributed by atoms with Crippen molar-refractivity contribution in [2.75, 3.05) is 29.9 Å². The van der Waals surface area contributed by atoms with Crippen LogP contribution in [0, 0.1) is 11.7 Å². The maximum Gasteiger partial charge on any atom is 0.144 e. The zero-order valence-corrected chi connectivity index (χ0v) is 23.0. The molecular formula is C28H33ClFN4OP. The van der Waals surface area contributed by atoms with Crippen LogP contribution in [0.25, 0.3) is 0 Å². The number of hydrogen-bond donors (Lipinski definition) is 0. The number of carbonyl (C=O) groups is 1. The minimum atomic E-state index is -0.122. The summed E-state index contributed by atoms with van der Waals surface area (Å²) in [7, 11) is 4.48. The molecule has 0 aromatic heterocycles. The van der Waals surface area contributed by atoms with Gasteiger partial charge in [-0.3, -0.25) is 9.79 Å². The number of halogens is 2. The average molecular weight is 527 g/mol. The fourth-order valence-corrected chi connectivity index (χ4v) is 5.67. The molecule has 0 amide bonds. The van der Waals surface area contributed by atoms with Gasteiger partial charge in [0.2, 0.25) is 0 Å². The first kappa shape index (κ1) is 26.5. The van der Waals surface area contributed by atoms with Gasteiger partial charge in [-0.15, -0.1) is 9.24 Å². The van der Waals surface area contributed by atoms with E-state index in [-0.39, 0.29) is 5.82 Å². The van der Waals surface area contributed by atoms with Gasteiger partial charge in [-0.1, -0.05) is 11.6 Å². The molecule has 1 atom stereocenters. The number of allylic oxidation sites excluding steroid dienone is 2. The average Bonchev–Trinajstić information content (AvgIpc) is 2.87. The van der Waals surface area contributed by atoms with Crippen molar-refractivity contribution in [3.05, 3.63) is 58.0 Å². The Kier molecular flexibility index (Phi) is 8.58. The van der Waals surface area contributed by atoms with Crippen LogP contribution < -0.4 is 15.1 Å². The lowest BCUT2D eigenvalue weighted by Crippen LogP contribution is -2.34. The van der Waals surface area contributed by atoms with E-state index in [1.54, 1.807) is 6.92 Å². The summed E-state index contributed by atoms with van der Waals surface area (Å²) in [6.45, 7) is 5.55. The molecule has 2 aliphatic rings. The Hall–Kier alpha value is -2.56. The lowest BCUT2D eigenvalue weighted by molar-refractivity contribution is -0.104. The molecule has 190 valence electrons. The number of anilines is 2. The lowest BCUT2D eigenvalue weighted by atomic mass is 9.87. The second-order valence-corrected chi connectivity index (χ2v) is 10.6. The minimum absolute atomic E-state index is 0.122. The normalized spacial score (nSPS) is 16.8. The van der Waals surface area contributed by atoms with Crippen LogP contribution in [0.3, 0.4) is 0 Å². The molecule has 1 unspecified atom stereocenters. The Morgan fingerprint density at radius 1 is 1.31 bits per heavy atom. The molecule has 2 aromatic rings. The molecule has 2 heterocycles. The maximum absolute atomic E-state index is 14.6. The van der Waals surface area contributed by atoms with E-state index in [1.165, 1.54) is 6.08 Å². The molecule has 5 nitrogen and oxygen atoms in total. The van der Waals surface area contributed by atoms with Crippen molar-refractivity contribution in [2.24, 2.45) is 15.9 Å². The van der Waals surface area contributed by atoms with E-state index in [4.69, 9.17) is 11.6 Å². The van der Waals surface area contributed by atoms with E-state index in [2.05, 4.69) is 30.2 Å². The second-order valence-electron chi connectivity index (χ2n) is 9.55. The van der Waals surface area contributed by atoms with Gasteiger partial charge >= 0.3 is 0 Å². The van der Waals surface area contributed by atoms with Gasteiger partial charge in [-0.2, -0.15) is 0 Å². The van der Waals surface area contributed by atoms with Crippen LogP contribution in [0.15, 0.2) is 46.0 Å². The molecule has 8 heteroatoms. The van der Waals surface area contributed by atoms with Gasteiger partial charge in [0.05, 0.1) is 16.4 Å². The first-order valence-electron chi connectivity index (χ1n) is 12.4. The zero-order valence-electron chi connectivity index (χ0n) is 21.1. The predicted octanol–water partition coefficient (Wildman–Crippen LogP) is 6.04. The standard InChI is InChI=1S/C28H33ClFN4OP/c1-18(10-14-35)32-19(2)33(3)22-6-7-25(24(29)17-22)34-12-8-20(9-13-34)15-21-16-26(36)27(30)23-5-4-11-31-28(21)23/h6-7,10-11,14,16-17,20H,4-5,8-9,12-13,15,36H2,1-3H3/b18-10-,32-19-. The van der Waals surface area contributed by atoms with E-state index in [0.29, 0.717) is 21.9 Å². The van der Waals surface area contributed by atoms with Gasteiger partial charge in [-0.05, 0) is 87.8 Å².